The Kier molecular flexibility index (Phi) is 3.89. The molecule has 1 aliphatic rings. The minimum absolute atomic E-state index is 0.566. The molecule has 5 nitrogen and oxygen atoms in total. The smallest absolute Gasteiger partial charge is 0.231 e. The summed E-state index contributed by atoms with van der Waals surface area (Å²) in [4.78, 5) is 13.5. The lowest BCUT2D eigenvalue weighted by molar-refractivity contribution is 0.272. The first-order chi connectivity index (χ1) is 11.8. The third kappa shape index (κ3) is 2.52. The standard InChI is InChI=1S/C18H17N5S/c1-19-15-14-7-8-22(11-13-5-3-2-4-6-13)9-10-23(14)17-16(15)20-12-21-18(17)24/h2-6,12H,7-11H2,(H,20,21,24). The number of benzene rings is 1. The number of hydrogen-bond donors (Lipinski definition) is 1. The maximum absolute atomic E-state index is 7.58. The first kappa shape index (κ1) is 15.1. The van der Waals surface area contributed by atoms with Gasteiger partial charge in [0.2, 0.25) is 5.69 Å². The summed E-state index contributed by atoms with van der Waals surface area (Å²) in [5.74, 6) is 0. The molecule has 0 amide bonds. The van der Waals surface area contributed by atoms with Crippen LogP contribution in [-0.4, -0.2) is 32.5 Å². The lowest BCUT2D eigenvalue weighted by atomic mass is 10.2. The van der Waals surface area contributed by atoms with Gasteiger partial charge in [0, 0.05) is 31.9 Å². The van der Waals surface area contributed by atoms with Crippen molar-refractivity contribution >= 4 is 28.9 Å². The Labute approximate surface area is 145 Å². The Bertz CT molecular complexity index is 980. The van der Waals surface area contributed by atoms with Gasteiger partial charge < -0.3 is 9.55 Å². The predicted octanol–water partition coefficient (Wildman–Crippen LogP) is 3.70. The molecule has 24 heavy (non-hydrogen) atoms. The SMILES string of the molecule is [C-]#[N+]c1c2n(c3c(=S)nc[nH]c13)CCN(Cc1ccccc1)CC2. The fourth-order valence-electron chi connectivity index (χ4n) is 3.47. The molecule has 2 aromatic heterocycles. The molecule has 1 aromatic carbocycles. The number of aromatic amines is 1. The Balaban J connectivity index is 1.69. The van der Waals surface area contributed by atoms with Gasteiger partial charge in [-0.15, -0.1) is 0 Å². The Hall–Kier alpha value is -2.49. The van der Waals surface area contributed by atoms with Gasteiger partial charge in [0.1, 0.15) is 0 Å². The van der Waals surface area contributed by atoms with Crippen molar-refractivity contribution in [3.05, 3.63) is 64.0 Å². The van der Waals surface area contributed by atoms with Crippen LogP contribution in [0, 0.1) is 11.2 Å². The second-order valence-electron chi connectivity index (χ2n) is 6.00. The van der Waals surface area contributed by atoms with Crippen LogP contribution < -0.4 is 0 Å². The van der Waals surface area contributed by atoms with Gasteiger partial charge in [0.15, 0.2) is 4.64 Å². The van der Waals surface area contributed by atoms with E-state index in [4.69, 9.17) is 18.8 Å². The molecule has 0 bridgehead atoms. The fourth-order valence-corrected chi connectivity index (χ4v) is 3.73. The van der Waals surface area contributed by atoms with Crippen molar-refractivity contribution in [2.24, 2.45) is 0 Å². The average molecular weight is 335 g/mol. The number of hydrogen-bond acceptors (Lipinski definition) is 3. The van der Waals surface area contributed by atoms with E-state index in [0.29, 0.717) is 10.3 Å². The van der Waals surface area contributed by atoms with E-state index in [1.807, 2.05) is 6.07 Å². The molecule has 0 radical (unpaired) electrons. The largest absolute Gasteiger partial charge is 0.354 e. The maximum atomic E-state index is 7.58. The molecule has 0 fully saturated rings. The van der Waals surface area contributed by atoms with Crippen molar-refractivity contribution in [3.8, 4) is 0 Å². The molecule has 0 spiro atoms. The molecular formula is C18H17N5S. The molecule has 3 heterocycles. The van der Waals surface area contributed by atoms with Gasteiger partial charge in [-0.25, -0.2) is 9.83 Å². The second-order valence-corrected chi connectivity index (χ2v) is 6.39. The van der Waals surface area contributed by atoms with Gasteiger partial charge in [-0.05, 0) is 12.0 Å². The van der Waals surface area contributed by atoms with Gasteiger partial charge in [0.05, 0.1) is 23.9 Å². The molecule has 1 N–H and O–H groups in total. The number of nitrogens with one attached hydrogen (secondary N) is 1. The topological polar surface area (TPSA) is 41.2 Å². The first-order valence-electron chi connectivity index (χ1n) is 8.00. The first-order valence-corrected chi connectivity index (χ1v) is 8.41. The number of rotatable bonds is 2. The van der Waals surface area contributed by atoms with Gasteiger partial charge in [-0.2, -0.15) is 0 Å². The summed E-state index contributed by atoms with van der Waals surface area (Å²) >= 11 is 5.41. The number of fused-ring (bicyclic) bond motifs is 3. The Morgan fingerprint density at radius 3 is 2.83 bits per heavy atom. The minimum atomic E-state index is 0.566. The summed E-state index contributed by atoms with van der Waals surface area (Å²) in [6.45, 7) is 11.2. The van der Waals surface area contributed by atoms with Gasteiger partial charge in [0.25, 0.3) is 0 Å². The Morgan fingerprint density at radius 1 is 1.21 bits per heavy atom. The zero-order valence-corrected chi connectivity index (χ0v) is 14.0. The van der Waals surface area contributed by atoms with Crippen molar-refractivity contribution in [3.63, 3.8) is 0 Å². The van der Waals surface area contributed by atoms with Gasteiger partial charge >= 0.3 is 0 Å². The highest BCUT2D eigenvalue weighted by Crippen LogP contribution is 2.34. The van der Waals surface area contributed by atoms with Crippen LogP contribution in [0.4, 0.5) is 5.69 Å². The molecule has 0 unspecified atom stereocenters. The molecule has 0 aliphatic carbocycles. The highest BCUT2D eigenvalue weighted by molar-refractivity contribution is 7.71. The van der Waals surface area contributed by atoms with E-state index >= 15 is 0 Å². The molecule has 0 saturated carbocycles. The lowest BCUT2D eigenvalue weighted by Gasteiger charge is -2.19. The van der Waals surface area contributed by atoms with Gasteiger partial charge in [-0.3, -0.25) is 4.90 Å². The van der Waals surface area contributed by atoms with Crippen molar-refractivity contribution in [2.75, 3.05) is 13.1 Å². The monoisotopic (exact) mass is 335 g/mol. The number of nitrogens with zero attached hydrogens (tertiary/aromatic N) is 4. The Morgan fingerprint density at radius 2 is 2.04 bits per heavy atom. The summed E-state index contributed by atoms with van der Waals surface area (Å²) in [6, 6.07) is 10.5. The molecule has 0 atom stereocenters. The van der Waals surface area contributed by atoms with Crippen molar-refractivity contribution in [2.45, 2.75) is 19.5 Å². The summed E-state index contributed by atoms with van der Waals surface area (Å²) in [6.07, 6.45) is 2.43. The third-order valence-electron chi connectivity index (χ3n) is 4.60. The van der Waals surface area contributed by atoms with Crippen LogP contribution in [0.5, 0.6) is 0 Å². The number of aromatic nitrogens is 3. The summed E-state index contributed by atoms with van der Waals surface area (Å²) in [7, 11) is 0. The molecule has 0 saturated heterocycles. The molecule has 1 aliphatic heterocycles. The third-order valence-corrected chi connectivity index (χ3v) is 4.90. The fraction of sp³-hybridized carbons (Fsp3) is 0.278. The van der Waals surface area contributed by atoms with Crippen LogP contribution in [0.1, 0.15) is 11.3 Å². The quantitative estimate of drug-likeness (QED) is 0.573. The van der Waals surface area contributed by atoms with Gasteiger partial charge in [-0.1, -0.05) is 42.5 Å². The van der Waals surface area contributed by atoms with E-state index in [1.54, 1.807) is 6.33 Å². The summed E-state index contributed by atoms with van der Waals surface area (Å²) in [5, 5.41) is 0. The second kappa shape index (κ2) is 6.19. The number of H-pyrrole nitrogens is 1. The lowest BCUT2D eigenvalue weighted by Crippen LogP contribution is -2.26. The van der Waals surface area contributed by atoms with Crippen LogP contribution in [0.25, 0.3) is 15.9 Å². The molecule has 6 heteroatoms. The summed E-state index contributed by atoms with van der Waals surface area (Å²) < 4.78 is 2.76. The van der Waals surface area contributed by atoms with Crippen LogP contribution in [0.2, 0.25) is 0 Å². The zero-order chi connectivity index (χ0) is 16.5. The highest BCUT2D eigenvalue weighted by Gasteiger charge is 2.22. The zero-order valence-electron chi connectivity index (χ0n) is 13.2. The summed E-state index contributed by atoms with van der Waals surface area (Å²) in [5.41, 5.74) is 4.82. The van der Waals surface area contributed by atoms with E-state index in [1.165, 1.54) is 5.56 Å². The van der Waals surface area contributed by atoms with Crippen molar-refractivity contribution in [1.29, 1.82) is 0 Å². The van der Waals surface area contributed by atoms with E-state index in [9.17, 15) is 0 Å². The van der Waals surface area contributed by atoms with Crippen LogP contribution in [0.15, 0.2) is 36.7 Å². The molecule has 120 valence electrons. The van der Waals surface area contributed by atoms with E-state index in [2.05, 4.69) is 48.5 Å². The molecule has 3 aromatic rings. The van der Waals surface area contributed by atoms with Crippen LogP contribution >= 0.6 is 12.2 Å². The van der Waals surface area contributed by atoms with Crippen LogP contribution in [-0.2, 0) is 19.5 Å². The predicted molar refractivity (Wildman–Crippen MR) is 96.6 cm³/mol. The normalized spacial score (nSPS) is 15.0. The minimum Gasteiger partial charge on any atom is -0.354 e. The van der Waals surface area contributed by atoms with E-state index in [-0.39, 0.29) is 0 Å². The molecular weight excluding hydrogens is 318 g/mol. The highest BCUT2D eigenvalue weighted by atomic mass is 32.1. The van der Waals surface area contributed by atoms with Crippen molar-refractivity contribution < 1.29 is 0 Å². The van der Waals surface area contributed by atoms with E-state index in [0.717, 1.165) is 49.3 Å². The maximum Gasteiger partial charge on any atom is 0.231 e. The van der Waals surface area contributed by atoms with Crippen molar-refractivity contribution in [1.82, 2.24) is 19.4 Å². The average Bonchev–Trinajstić information content (AvgIpc) is 2.78. The van der Waals surface area contributed by atoms with E-state index < -0.39 is 0 Å². The molecule has 4 rings (SSSR count). The van der Waals surface area contributed by atoms with Crippen LogP contribution in [0.3, 0.4) is 0 Å².